The standard InChI is InChI=1S/C14H17N5O2S2/c1-3-6-16-13(21)9(2)23-14-18-17-12(10-5-4-7-22-10)19(14)8-11(15)20/h3-5,7,9H,1,6,8H2,2H3,(H2,15,20)(H,16,21). The molecule has 0 aliphatic heterocycles. The number of aromatic nitrogens is 3. The van der Waals surface area contributed by atoms with Gasteiger partial charge in [-0.15, -0.1) is 28.1 Å². The summed E-state index contributed by atoms with van der Waals surface area (Å²) in [4.78, 5) is 24.2. The Morgan fingerprint density at radius 1 is 1.57 bits per heavy atom. The summed E-state index contributed by atoms with van der Waals surface area (Å²) < 4.78 is 1.64. The fourth-order valence-corrected chi connectivity index (χ4v) is 3.38. The second-order valence-corrected chi connectivity index (χ2v) is 6.89. The van der Waals surface area contributed by atoms with Crippen LogP contribution in [0.15, 0.2) is 35.3 Å². The molecule has 23 heavy (non-hydrogen) atoms. The minimum atomic E-state index is -0.492. The lowest BCUT2D eigenvalue weighted by Crippen LogP contribution is -2.31. The van der Waals surface area contributed by atoms with Crippen LogP contribution in [-0.2, 0) is 16.1 Å². The van der Waals surface area contributed by atoms with Gasteiger partial charge in [-0.2, -0.15) is 0 Å². The lowest BCUT2D eigenvalue weighted by molar-refractivity contribution is -0.120. The quantitative estimate of drug-likeness (QED) is 0.551. The minimum absolute atomic E-state index is 0.0381. The second kappa shape index (κ2) is 7.93. The average molecular weight is 351 g/mol. The van der Waals surface area contributed by atoms with Gasteiger partial charge >= 0.3 is 0 Å². The Morgan fingerprint density at radius 2 is 2.35 bits per heavy atom. The number of hydrogen-bond donors (Lipinski definition) is 2. The van der Waals surface area contributed by atoms with E-state index in [2.05, 4.69) is 22.1 Å². The summed E-state index contributed by atoms with van der Waals surface area (Å²) in [6, 6.07) is 3.78. The number of carbonyl (C=O) groups excluding carboxylic acids is 2. The van der Waals surface area contributed by atoms with Crippen LogP contribution in [0.25, 0.3) is 10.7 Å². The molecule has 0 spiro atoms. The van der Waals surface area contributed by atoms with Crippen LogP contribution in [-0.4, -0.2) is 38.4 Å². The Morgan fingerprint density at radius 3 is 2.96 bits per heavy atom. The van der Waals surface area contributed by atoms with E-state index in [0.717, 1.165) is 4.88 Å². The summed E-state index contributed by atoms with van der Waals surface area (Å²) in [5, 5.41) is 13.0. The number of amides is 2. The van der Waals surface area contributed by atoms with E-state index in [1.54, 1.807) is 17.6 Å². The predicted octanol–water partition coefficient (Wildman–Crippen LogP) is 1.27. The Kier molecular flexibility index (Phi) is 5.94. The van der Waals surface area contributed by atoms with Gasteiger partial charge in [0.05, 0.1) is 10.1 Å². The molecule has 0 aliphatic carbocycles. The first-order valence-electron chi connectivity index (χ1n) is 6.83. The predicted molar refractivity (Wildman–Crippen MR) is 91.1 cm³/mol. The van der Waals surface area contributed by atoms with E-state index in [1.807, 2.05) is 17.5 Å². The van der Waals surface area contributed by atoms with Gasteiger partial charge in [-0.05, 0) is 18.4 Å². The molecule has 0 radical (unpaired) electrons. The van der Waals surface area contributed by atoms with Gasteiger partial charge in [0.15, 0.2) is 11.0 Å². The maximum Gasteiger partial charge on any atom is 0.237 e. The summed E-state index contributed by atoms with van der Waals surface area (Å²) in [6.07, 6.45) is 1.61. The highest BCUT2D eigenvalue weighted by atomic mass is 32.2. The maximum absolute atomic E-state index is 11.9. The van der Waals surface area contributed by atoms with Gasteiger partial charge in [0.25, 0.3) is 0 Å². The lowest BCUT2D eigenvalue weighted by Gasteiger charge is -2.11. The molecular formula is C14H17N5O2S2. The molecule has 2 heterocycles. The summed E-state index contributed by atoms with van der Waals surface area (Å²) in [5.74, 6) is -0.0607. The van der Waals surface area contributed by atoms with Crippen molar-refractivity contribution in [3.63, 3.8) is 0 Å². The smallest absolute Gasteiger partial charge is 0.237 e. The molecule has 2 rings (SSSR count). The largest absolute Gasteiger partial charge is 0.368 e. The van der Waals surface area contributed by atoms with Crippen molar-refractivity contribution in [2.45, 2.75) is 23.9 Å². The number of nitrogens with two attached hydrogens (primary N) is 1. The van der Waals surface area contributed by atoms with E-state index in [0.29, 0.717) is 17.5 Å². The van der Waals surface area contributed by atoms with Crippen molar-refractivity contribution in [1.82, 2.24) is 20.1 Å². The molecule has 0 bridgehead atoms. The van der Waals surface area contributed by atoms with E-state index in [4.69, 9.17) is 5.73 Å². The summed E-state index contributed by atoms with van der Waals surface area (Å²) in [5.41, 5.74) is 5.32. The van der Waals surface area contributed by atoms with Gasteiger partial charge < -0.3 is 11.1 Å². The van der Waals surface area contributed by atoms with Crippen LogP contribution in [0, 0.1) is 0 Å². The maximum atomic E-state index is 11.9. The number of carbonyl (C=O) groups is 2. The SMILES string of the molecule is C=CCNC(=O)C(C)Sc1nnc(-c2cccs2)n1CC(N)=O. The Hall–Kier alpha value is -2.13. The molecular weight excluding hydrogens is 334 g/mol. The van der Waals surface area contributed by atoms with Crippen molar-refractivity contribution in [1.29, 1.82) is 0 Å². The fourth-order valence-electron chi connectivity index (χ4n) is 1.79. The molecule has 0 aliphatic rings. The van der Waals surface area contributed by atoms with Crippen molar-refractivity contribution in [3.05, 3.63) is 30.2 Å². The van der Waals surface area contributed by atoms with E-state index in [9.17, 15) is 9.59 Å². The van der Waals surface area contributed by atoms with Crippen molar-refractivity contribution in [3.8, 4) is 10.7 Å². The third kappa shape index (κ3) is 4.42. The number of nitrogens with zero attached hydrogens (tertiary/aromatic N) is 3. The number of thioether (sulfide) groups is 1. The molecule has 1 atom stereocenters. The first-order valence-corrected chi connectivity index (χ1v) is 8.59. The normalized spacial score (nSPS) is 11.9. The van der Waals surface area contributed by atoms with Crippen molar-refractivity contribution < 1.29 is 9.59 Å². The lowest BCUT2D eigenvalue weighted by atomic mass is 10.4. The highest BCUT2D eigenvalue weighted by Gasteiger charge is 2.21. The Labute approximate surface area is 142 Å². The second-order valence-electron chi connectivity index (χ2n) is 4.63. The summed E-state index contributed by atoms with van der Waals surface area (Å²) >= 11 is 2.72. The summed E-state index contributed by atoms with van der Waals surface area (Å²) in [7, 11) is 0. The molecule has 2 aromatic heterocycles. The third-order valence-electron chi connectivity index (χ3n) is 2.84. The first-order chi connectivity index (χ1) is 11.0. The van der Waals surface area contributed by atoms with Crippen LogP contribution in [0.3, 0.4) is 0 Å². The van der Waals surface area contributed by atoms with Crippen molar-refractivity contribution in [2.24, 2.45) is 5.73 Å². The minimum Gasteiger partial charge on any atom is -0.368 e. The van der Waals surface area contributed by atoms with Crippen LogP contribution >= 0.6 is 23.1 Å². The molecule has 7 nitrogen and oxygen atoms in total. The first kappa shape index (κ1) is 17.2. The van der Waals surface area contributed by atoms with Gasteiger partial charge in [0.1, 0.15) is 6.54 Å². The zero-order valence-corrected chi connectivity index (χ0v) is 14.2. The van der Waals surface area contributed by atoms with Gasteiger partial charge in [0, 0.05) is 6.54 Å². The molecule has 9 heteroatoms. The Bertz CT molecular complexity index is 696. The molecule has 0 saturated carbocycles. The van der Waals surface area contributed by atoms with Crippen LogP contribution in [0.1, 0.15) is 6.92 Å². The number of rotatable bonds is 8. The molecule has 1 unspecified atom stereocenters. The van der Waals surface area contributed by atoms with Crippen LogP contribution in [0.5, 0.6) is 0 Å². The van der Waals surface area contributed by atoms with E-state index in [-0.39, 0.29) is 17.7 Å². The summed E-state index contributed by atoms with van der Waals surface area (Å²) in [6.45, 7) is 5.68. The molecule has 0 saturated heterocycles. The van der Waals surface area contributed by atoms with E-state index < -0.39 is 5.91 Å². The monoisotopic (exact) mass is 351 g/mol. The Balaban J connectivity index is 2.23. The average Bonchev–Trinajstić information content (AvgIpc) is 3.14. The molecule has 122 valence electrons. The number of primary amides is 1. The molecule has 0 aromatic carbocycles. The van der Waals surface area contributed by atoms with E-state index in [1.165, 1.54) is 23.1 Å². The zero-order chi connectivity index (χ0) is 16.8. The third-order valence-corrected chi connectivity index (χ3v) is 4.79. The van der Waals surface area contributed by atoms with Crippen LogP contribution in [0.4, 0.5) is 0 Å². The van der Waals surface area contributed by atoms with Gasteiger partial charge in [-0.1, -0.05) is 23.9 Å². The van der Waals surface area contributed by atoms with Crippen LogP contribution < -0.4 is 11.1 Å². The van der Waals surface area contributed by atoms with Crippen molar-refractivity contribution >= 4 is 34.9 Å². The van der Waals surface area contributed by atoms with Crippen molar-refractivity contribution in [2.75, 3.05) is 6.54 Å². The number of thiophene rings is 1. The topological polar surface area (TPSA) is 103 Å². The van der Waals surface area contributed by atoms with Gasteiger partial charge in [-0.25, -0.2) is 0 Å². The molecule has 2 aromatic rings. The van der Waals surface area contributed by atoms with E-state index >= 15 is 0 Å². The molecule has 3 N–H and O–H groups in total. The zero-order valence-electron chi connectivity index (χ0n) is 12.6. The van der Waals surface area contributed by atoms with Gasteiger partial charge in [-0.3, -0.25) is 14.2 Å². The highest BCUT2D eigenvalue weighted by Crippen LogP contribution is 2.29. The molecule has 2 amide bonds. The number of hydrogen-bond acceptors (Lipinski definition) is 6. The number of nitrogens with one attached hydrogen (secondary N) is 1. The highest BCUT2D eigenvalue weighted by molar-refractivity contribution is 8.00. The van der Waals surface area contributed by atoms with Crippen LogP contribution in [0.2, 0.25) is 0 Å². The fraction of sp³-hybridized carbons (Fsp3) is 0.286. The van der Waals surface area contributed by atoms with Gasteiger partial charge in [0.2, 0.25) is 11.8 Å². The molecule has 0 fully saturated rings.